The van der Waals surface area contributed by atoms with E-state index in [1.54, 1.807) is 12.3 Å². The van der Waals surface area contributed by atoms with Crippen molar-refractivity contribution < 1.29 is 0 Å². The van der Waals surface area contributed by atoms with E-state index >= 15 is 0 Å². The molecule has 0 unspecified atom stereocenters. The van der Waals surface area contributed by atoms with Crippen molar-refractivity contribution in [3.63, 3.8) is 0 Å². The van der Waals surface area contributed by atoms with E-state index in [4.69, 9.17) is 0 Å². The van der Waals surface area contributed by atoms with Crippen molar-refractivity contribution in [2.75, 3.05) is 12.4 Å². The van der Waals surface area contributed by atoms with Gasteiger partial charge in [-0.2, -0.15) is 5.10 Å². The zero-order valence-electron chi connectivity index (χ0n) is 5.31. The van der Waals surface area contributed by atoms with Gasteiger partial charge < -0.3 is 5.32 Å². The molecule has 1 heterocycles. The van der Waals surface area contributed by atoms with Crippen molar-refractivity contribution in [2.45, 2.75) is 0 Å². The fourth-order valence-corrected chi connectivity index (χ4v) is 0.651. The van der Waals surface area contributed by atoms with E-state index < -0.39 is 0 Å². The maximum Gasteiger partial charge on any atom is 0.0803 e. The average molecular weight is 123 g/mol. The first-order valence-corrected chi connectivity index (χ1v) is 2.72. The molecule has 0 aromatic carbocycles. The van der Waals surface area contributed by atoms with Gasteiger partial charge in [-0.1, -0.05) is 6.58 Å². The summed E-state index contributed by atoms with van der Waals surface area (Å²) in [6, 6.07) is 0. The lowest BCUT2D eigenvalue weighted by Gasteiger charge is -1.92. The normalized spacial score (nSPS) is 9.00. The standard InChI is InChI=1S/C6H9N3/c1-3-5-6(7-2)4-8-9-5/h3-4,7H,1H2,2H3,(H,8,9). The minimum atomic E-state index is 0.928. The molecule has 0 aliphatic carbocycles. The zero-order chi connectivity index (χ0) is 6.69. The number of aromatic amines is 1. The van der Waals surface area contributed by atoms with Gasteiger partial charge in [0.1, 0.15) is 0 Å². The van der Waals surface area contributed by atoms with Crippen LogP contribution in [0.2, 0.25) is 0 Å². The fourth-order valence-electron chi connectivity index (χ4n) is 0.651. The van der Waals surface area contributed by atoms with Crippen LogP contribution in [0.1, 0.15) is 5.69 Å². The van der Waals surface area contributed by atoms with Crippen LogP contribution in [0.4, 0.5) is 5.69 Å². The number of nitrogens with zero attached hydrogens (tertiary/aromatic N) is 1. The molecular formula is C6H9N3. The summed E-state index contributed by atoms with van der Waals surface area (Å²) >= 11 is 0. The lowest BCUT2D eigenvalue weighted by Crippen LogP contribution is -1.86. The van der Waals surface area contributed by atoms with Crippen molar-refractivity contribution in [1.82, 2.24) is 10.2 Å². The van der Waals surface area contributed by atoms with Crippen LogP contribution >= 0.6 is 0 Å². The van der Waals surface area contributed by atoms with Gasteiger partial charge in [0.15, 0.2) is 0 Å². The summed E-state index contributed by atoms with van der Waals surface area (Å²) in [5, 5.41) is 9.54. The smallest absolute Gasteiger partial charge is 0.0803 e. The summed E-state index contributed by atoms with van der Waals surface area (Å²) in [6.07, 6.45) is 3.44. The van der Waals surface area contributed by atoms with Gasteiger partial charge in [0.25, 0.3) is 0 Å². The molecular weight excluding hydrogens is 114 g/mol. The molecule has 0 saturated carbocycles. The molecule has 9 heavy (non-hydrogen) atoms. The maximum atomic E-state index is 3.81. The molecule has 1 rings (SSSR count). The van der Waals surface area contributed by atoms with E-state index in [2.05, 4.69) is 22.1 Å². The Morgan fingerprint density at radius 1 is 1.89 bits per heavy atom. The van der Waals surface area contributed by atoms with Gasteiger partial charge in [-0.05, 0) is 6.08 Å². The van der Waals surface area contributed by atoms with Crippen LogP contribution in [-0.2, 0) is 0 Å². The molecule has 3 nitrogen and oxygen atoms in total. The molecule has 2 N–H and O–H groups in total. The van der Waals surface area contributed by atoms with E-state index in [1.165, 1.54) is 0 Å². The molecule has 0 atom stereocenters. The van der Waals surface area contributed by atoms with Crippen LogP contribution in [0.25, 0.3) is 6.08 Å². The molecule has 0 spiro atoms. The molecule has 0 fully saturated rings. The van der Waals surface area contributed by atoms with Crippen LogP contribution in [0.3, 0.4) is 0 Å². The summed E-state index contributed by atoms with van der Waals surface area (Å²) < 4.78 is 0. The Morgan fingerprint density at radius 3 is 3.11 bits per heavy atom. The Bertz CT molecular complexity index is 202. The first kappa shape index (κ1) is 5.88. The number of rotatable bonds is 2. The Kier molecular flexibility index (Phi) is 1.53. The van der Waals surface area contributed by atoms with Crippen LogP contribution in [0, 0.1) is 0 Å². The largest absolute Gasteiger partial charge is 0.385 e. The molecule has 0 bridgehead atoms. The number of hydrogen-bond acceptors (Lipinski definition) is 2. The number of H-pyrrole nitrogens is 1. The van der Waals surface area contributed by atoms with Crippen molar-refractivity contribution >= 4 is 11.8 Å². The van der Waals surface area contributed by atoms with E-state index in [1.807, 2.05) is 7.05 Å². The van der Waals surface area contributed by atoms with Gasteiger partial charge in [-0.25, -0.2) is 0 Å². The molecule has 0 aliphatic heterocycles. The molecule has 0 aliphatic rings. The third-order valence-electron chi connectivity index (χ3n) is 1.14. The van der Waals surface area contributed by atoms with Crippen molar-refractivity contribution in [3.8, 4) is 0 Å². The van der Waals surface area contributed by atoms with Gasteiger partial charge in [0.05, 0.1) is 17.6 Å². The molecule has 3 heteroatoms. The fraction of sp³-hybridized carbons (Fsp3) is 0.167. The van der Waals surface area contributed by atoms with Crippen LogP contribution in [0.15, 0.2) is 12.8 Å². The highest BCUT2D eigenvalue weighted by molar-refractivity contribution is 5.60. The zero-order valence-corrected chi connectivity index (χ0v) is 5.31. The molecule has 1 aromatic heterocycles. The highest BCUT2D eigenvalue weighted by atomic mass is 15.1. The van der Waals surface area contributed by atoms with E-state index in [0.29, 0.717) is 0 Å². The van der Waals surface area contributed by atoms with E-state index in [-0.39, 0.29) is 0 Å². The molecule has 1 aromatic rings. The summed E-state index contributed by atoms with van der Waals surface area (Å²) in [5.74, 6) is 0. The number of anilines is 1. The minimum Gasteiger partial charge on any atom is -0.385 e. The Labute approximate surface area is 53.8 Å². The van der Waals surface area contributed by atoms with Gasteiger partial charge in [0, 0.05) is 7.05 Å². The lowest BCUT2D eigenvalue weighted by atomic mass is 10.4. The Hall–Kier alpha value is -1.25. The second-order valence-electron chi connectivity index (χ2n) is 1.65. The predicted octanol–water partition coefficient (Wildman–Crippen LogP) is 1.09. The summed E-state index contributed by atoms with van der Waals surface area (Å²) in [5.41, 5.74) is 1.91. The van der Waals surface area contributed by atoms with Gasteiger partial charge >= 0.3 is 0 Å². The third-order valence-corrected chi connectivity index (χ3v) is 1.14. The predicted molar refractivity (Wildman–Crippen MR) is 38.2 cm³/mol. The van der Waals surface area contributed by atoms with Gasteiger partial charge in [0.2, 0.25) is 0 Å². The van der Waals surface area contributed by atoms with Crippen molar-refractivity contribution in [3.05, 3.63) is 18.5 Å². The number of nitrogens with one attached hydrogen (secondary N) is 2. The van der Waals surface area contributed by atoms with Crippen molar-refractivity contribution in [2.24, 2.45) is 0 Å². The Balaban J connectivity index is 2.98. The van der Waals surface area contributed by atoms with Crippen LogP contribution in [0.5, 0.6) is 0 Å². The first-order valence-electron chi connectivity index (χ1n) is 2.72. The SMILES string of the molecule is C=Cc1[nH]ncc1NC. The average Bonchev–Trinajstić information content (AvgIpc) is 2.33. The molecule has 48 valence electrons. The van der Waals surface area contributed by atoms with E-state index in [9.17, 15) is 0 Å². The summed E-state index contributed by atoms with van der Waals surface area (Å²) in [4.78, 5) is 0. The van der Waals surface area contributed by atoms with Crippen LogP contribution in [-0.4, -0.2) is 17.2 Å². The lowest BCUT2D eigenvalue weighted by molar-refractivity contribution is 1.08. The number of hydrogen-bond donors (Lipinski definition) is 2. The highest BCUT2D eigenvalue weighted by Crippen LogP contribution is 2.09. The molecule has 0 saturated heterocycles. The highest BCUT2D eigenvalue weighted by Gasteiger charge is 1.94. The second-order valence-corrected chi connectivity index (χ2v) is 1.65. The van der Waals surface area contributed by atoms with Crippen molar-refractivity contribution in [1.29, 1.82) is 0 Å². The number of aromatic nitrogens is 2. The van der Waals surface area contributed by atoms with Crippen LogP contribution < -0.4 is 5.32 Å². The van der Waals surface area contributed by atoms with E-state index in [0.717, 1.165) is 11.4 Å². The monoisotopic (exact) mass is 123 g/mol. The topological polar surface area (TPSA) is 40.7 Å². The Morgan fingerprint density at radius 2 is 2.67 bits per heavy atom. The molecule has 0 radical (unpaired) electrons. The summed E-state index contributed by atoms with van der Waals surface area (Å²) in [6.45, 7) is 3.60. The summed E-state index contributed by atoms with van der Waals surface area (Å²) in [7, 11) is 1.85. The van der Waals surface area contributed by atoms with Gasteiger partial charge in [-0.3, -0.25) is 5.10 Å². The minimum absolute atomic E-state index is 0.928. The third kappa shape index (κ3) is 0.937. The first-order chi connectivity index (χ1) is 4.38. The maximum absolute atomic E-state index is 3.81. The molecule has 0 amide bonds. The van der Waals surface area contributed by atoms with Gasteiger partial charge in [-0.15, -0.1) is 0 Å². The quantitative estimate of drug-likeness (QED) is 0.618. The second kappa shape index (κ2) is 2.35.